The van der Waals surface area contributed by atoms with Crippen LogP contribution in [0, 0.1) is 0 Å². The Morgan fingerprint density at radius 3 is 2.77 bits per heavy atom. The third kappa shape index (κ3) is 2.46. The Kier molecular flexibility index (Phi) is 4.08. The van der Waals surface area contributed by atoms with Crippen molar-refractivity contribution in [2.24, 2.45) is 5.73 Å². The van der Waals surface area contributed by atoms with Gasteiger partial charge >= 0.3 is 6.03 Å². The molecule has 1 saturated heterocycles. The molecule has 140 valence electrons. The van der Waals surface area contributed by atoms with E-state index < -0.39 is 0 Å². The van der Waals surface area contributed by atoms with E-state index >= 15 is 0 Å². The van der Waals surface area contributed by atoms with Gasteiger partial charge in [-0.3, -0.25) is 4.90 Å². The number of piperidine rings is 1. The van der Waals surface area contributed by atoms with Crippen molar-refractivity contribution in [2.75, 3.05) is 40.4 Å². The summed E-state index contributed by atoms with van der Waals surface area (Å²) in [4.78, 5) is 19.0. The van der Waals surface area contributed by atoms with Crippen molar-refractivity contribution in [3.05, 3.63) is 29.5 Å². The van der Waals surface area contributed by atoms with Crippen molar-refractivity contribution in [3.63, 3.8) is 0 Å². The lowest BCUT2D eigenvalue weighted by molar-refractivity contribution is 0.0733. The number of primary amides is 1. The number of aliphatic hydroxyl groups is 1. The van der Waals surface area contributed by atoms with E-state index in [1.807, 2.05) is 12.1 Å². The number of amides is 2. The zero-order chi connectivity index (χ0) is 18.5. The zero-order valence-electron chi connectivity index (χ0n) is 15.3. The van der Waals surface area contributed by atoms with E-state index in [4.69, 9.17) is 10.5 Å². The lowest BCUT2D eigenvalue weighted by atomic mass is 9.68. The van der Waals surface area contributed by atoms with Gasteiger partial charge in [0.1, 0.15) is 5.75 Å². The molecule has 1 unspecified atom stereocenters. The summed E-state index contributed by atoms with van der Waals surface area (Å²) in [6.45, 7) is 2.25. The fourth-order valence-electron chi connectivity index (χ4n) is 4.83. The van der Waals surface area contributed by atoms with Crippen LogP contribution in [0.1, 0.15) is 30.1 Å². The monoisotopic (exact) mass is 358 g/mol. The molecule has 0 aliphatic carbocycles. The summed E-state index contributed by atoms with van der Waals surface area (Å²) in [6.07, 6.45) is 1.73. The number of carbonyl (C=O) groups is 1. The number of nitrogens with zero attached hydrogens (tertiary/aromatic N) is 2. The third-order valence-corrected chi connectivity index (χ3v) is 6.19. The summed E-state index contributed by atoms with van der Waals surface area (Å²) in [5.74, 6) is 0.808. The molecule has 0 radical (unpaired) electrons. The lowest BCUT2D eigenvalue weighted by Crippen LogP contribution is -2.54. The molecule has 1 aromatic carbocycles. The average Bonchev–Trinajstić information content (AvgIpc) is 3.01. The summed E-state index contributed by atoms with van der Waals surface area (Å²) in [7, 11) is 3.72. The van der Waals surface area contributed by atoms with E-state index in [2.05, 4.69) is 23.0 Å². The van der Waals surface area contributed by atoms with Crippen LogP contribution in [0.2, 0.25) is 0 Å². The van der Waals surface area contributed by atoms with Gasteiger partial charge in [0, 0.05) is 47.7 Å². The number of urea groups is 1. The Morgan fingerprint density at radius 1 is 1.42 bits per heavy atom. The van der Waals surface area contributed by atoms with Crippen LogP contribution in [0.3, 0.4) is 0 Å². The van der Waals surface area contributed by atoms with E-state index in [9.17, 15) is 9.90 Å². The summed E-state index contributed by atoms with van der Waals surface area (Å²) < 4.78 is 5.37. The maximum Gasteiger partial charge on any atom is 0.314 e. The Hall–Kier alpha value is -2.25. The second-order valence-corrected chi connectivity index (χ2v) is 7.54. The largest absolute Gasteiger partial charge is 0.497 e. The van der Waals surface area contributed by atoms with Crippen LogP contribution >= 0.6 is 0 Å². The molecular weight excluding hydrogens is 332 g/mol. The molecule has 0 saturated carbocycles. The van der Waals surface area contributed by atoms with Gasteiger partial charge in [-0.05, 0) is 37.6 Å². The van der Waals surface area contributed by atoms with Gasteiger partial charge in [0.05, 0.1) is 19.8 Å². The first-order chi connectivity index (χ1) is 12.5. The van der Waals surface area contributed by atoms with Crippen LogP contribution < -0.4 is 10.5 Å². The van der Waals surface area contributed by atoms with Crippen molar-refractivity contribution in [2.45, 2.75) is 24.3 Å². The third-order valence-electron chi connectivity index (χ3n) is 6.19. The van der Waals surface area contributed by atoms with Crippen LogP contribution in [-0.4, -0.2) is 66.3 Å². The van der Waals surface area contributed by atoms with Crippen LogP contribution in [0.25, 0.3) is 10.9 Å². The van der Waals surface area contributed by atoms with E-state index in [0.29, 0.717) is 13.1 Å². The molecule has 0 bridgehead atoms. The molecule has 4 N–H and O–H groups in total. The molecule has 2 amide bonds. The molecule has 2 aliphatic heterocycles. The lowest BCUT2D eigenvalue weighted by Gasteiger charge is -2.49. The first-order valence-electron chi connectivity index (χ1n) is 9.04. The minimum Gasteiger partial charge on any atom is -0.497 e. The minimum absolute atomic E-state index is 0.0471. The number of aromatic nitrogens is 1. The maximum absolute atomic E-state index is 11.6. The Morgan fingerprint density at radius 2 is 2.15 bits per heavy atom. The number of likely N-dealkylation sites (N-methyl/N-ethyl adjacent to an activating group) is 1. The van der Waals surface area contributed by atoms with Crippen LogP contribution in [0.4, 0.5) is 4.79 Å². The number of carbonyl (C=O) groups excluding carboxylic acids is 1. The molecule has 1 atom stereocenters. The summed E-state index contributed by atoms with van der Waals surface area (Å²) in [5, 5.41) is 11.2. The predicted molar refractivity (Wildman–Crippen MR) is 99.4 cm³/mol. The molecule has 1 aromatic heterocycles. The predicted octanol–water partition coefficient (Wildman–Crippen LogP) is 1.57. The number of aliphatic hydroxyl groups excluding tert-OH is 1. The quantitative estimate of drug-likeness (QED) is 0.759. The van der Waals surface area contributed by atoms with Crippen molar-refractivity contribution < 1.29 is 14.6 Å². The first-order valence-corrected chi connectivity index (χ1v) is 9.04. The number of hydrogen-bond donors (Lipinski definition) is 3. The van der Waals surface area contributed by atoms with Crippen molar-refractivity contribution >= 4 is 16.9 Å². The van der Waals surface area contributed by atoms with Crippen molar-refractivity contribution in [1.29, 1.82) is 0 Å². The summed E-state index contributed by atoms with van der Waals surface area (Å²) in [5.41, 5.74) is 8.83. The molecule has 26 heavy (non-hydrogen) atoms. The van der Waals surface area contributed by atoms with Crippen LogP contribution in [0.5, 0.6) is 5.75 Å². The average molecular weight is 358 g/mol. The van der Waals surface area contributed by atoms with Gasteiger partial charge in [-0.1, -0.05) is 0 Å². The first kappa shape index (κ1) is 17.2. The van der Waals surface area contributed by atoms with E-state index in [0.717, 1.165) is 36.3 Å². The Balaban J connectivity index is 1.85. The molecule has 1 spiro atoms. The molecule has 4 rings (SSSR count). The topological polar surface area (TPSA) is 94.8 Å². The summed E-state index contributed by atoms with van der Waals surface area (Å²) in [6, 6.07) is 5.69. The van der Waals surface area contributed by atoms with Gasteiger partial charge in [-0.2, -0.15) is 0 Å². The number of methoxy groups -OCH3 is 1. The molecule has 3 heterocycles. The SMILES string of the molecule is COc1ccc2c3c([nH]c2c1)C(CO)N(C)CC31CCN(C(N)=O)CC1. The normalized spacial score (nSPS) is 22.6. The molecular formula is C19H26N4O3. The van der Waals surface area contributed by atoms with Crippen molar-refractivity contribution in [3.8, 4) is 5.75 Å². The smallest absolute Gasteiger partial charge is 0.314 e. The minimum atomic E-state index is -0.346. The fourth-order valence-corrected chi connectivity index (χ4v) is 4.83. The van der Waals surface area contributed by atoms with Crippen molar-refractivity contribution in [1.82, 2.24) is 14.8 Å². The van der Waals surface area contributed by atoms with Gasteiger partial charge in [0.15, 0.2) is 0 Å². The number of benzene rings is 1. The summed E-state index contributed by atoms with van der Waals surface area (Å²) >= 11 is 0. The molecule has 2 aromatic rings. The zero-order valence-corrected chi connectivity index (χ0v) is 15.3. The highest BCUT2D eigenvalue weighted by Gasteiger charge is 2.46. The Labute approximate surface area is 152 Å². The molecule has 7 heteroatoms. The highest BCUT2D eigenvalue weighted by molar-refractivity contribution is 5.88. The fraction of sp³-hybridized carbons (Fsp3) is 0.526. The number of hydrogen-bond acceptors (Lipinski definition) is 4. The van der Waals surface area contributed by atoms with E-state index in [1.54, 1.807) is 12.0 Å². The number of rotatable bonds is 2. The van der Waals surface area contributed by atoms with Crippen LogP contribution in [-0.2, 0) is 5.41 Å². The number of aromatic amines is 1. The number of fused-ring (bicyclic) bond motifs is 4. The number of H-pyrrole nitrogens is 1. The van der Waals surface area contributed by atoms with Gasteiger partial charge in [-0.15, -0.1) is 0 Å². The standard InChI is InChI=1S/C19H26N4O3/c1-22-11-19(5-7-23(8-6-19)18(20)25)16-13-4-3-12(26-2)9-14(13)21-17(16)15(22)10-24/h3-4,9,15,21,24H,5-8,10-11H2,1-2H3,(H2,20,25). The highest BCUT2D eigenvalue weighted by atomic mass is 16.5. The van der Waals surface area contributed by atoms with Gasteiger partial charge < -0.3 is 25.5 Å². The van der Waals surface area contributed by atoms with Gasteiger partial charge in [0.25, 0.3) is 0 Å². The number of likely N-dealkylation sites (tertiary alicyclic amines) is 1. The van der Waals surface area contributed by atoms with E-state index in [-0.39, 0.29) is 24.1 Å². The molecule has 2 aliphatic rings. The molecule has 7 nitrogen and oxygen atoms in total. The number of ether oxygens (including phenoxy) is 1. The van der Waals surface area contributed by atoms with Crippen LogP contribution in [0.15, 0.2) is 18.2 Å². The number of nitrogens with one attached hydrogen (secondary N) is 1. The molecule has 1 fully saturated rings. The van der Waals surface area contributed by atoms with Gasteiger partial charge in [0.2, 0.25) is 0 Å². The second kappa shape index (κ2) is 6.17. The van der Waals surface area contributed by atoms with Gasteiger partial charge in [-0.25, -0.2) is 4.79 Å². The highest BCUT2D eigenvalue weighted by Crippen LogP contribution is 2.48. The maximum atomic E-state index is 11.6. The second-order valence-electron chi connectivity index (χ2n) is 7.54. The Bertz CT molecular complexity index is 839. The van der Waals surface area contributed by atoms with E-state index in [1.165, 1.54) is 10.9 Å². The number of nitrogens with two attached hydrogens (primary N) is 1.